The van der Waals surface area contributed by atoms with Gasteiger partial charge in [-0.25, -0.2) is 9.97 Å². The highest BCUT2D eigenvalue weighted by Crippen LogP contribution is 2.18. The number of carbonyl (C=O) groups is 1. The molecule has 29 heavy (non-hydrogen) atoms. The molecule has 2 aromatic heterocycles. The molecule has 0 fully saturated rings. The van der Waals surface area contributed by atoms with E-state index in [1.165, 1.54) is 10.9 Å². The number of rotatable bonds is 7. The Morgan fingerprint density at radius 2 is 1.76 bits per heavy atom. The lowest BCUT2D eigenvalue weighted by molar-refractivity contribution is 0.0939. The minimum atomic E-state index is -0.188. The number of para-hydroxylation sites is 1. The first kappa shape index (κ1) is 18.7. The Balaban J connectivity index is 1.31. The highest BCUT2D eigenvalue weighted by Gasteiger charge is 2.12. The summed E-state index contributed by atoms with van der Waals surface area (Å²) in [6.07, 6.45) is 5.99. The molecule has 0 saturated heterocycles. The molecule has 4 rings (SSSR count). The minimum absolute atomic E-state index is 0.0855. The van der Waals surface area contributed by atoms with Crippen LogP contribution in [0.15, 0.2) is 73.2 Å². The number of anilines is 1. The minimum Gasteiger partial charge on any atom is -0.361 e. The smallest absolute Gasteiger partial charge is 0.254 e. The van der Waals surface area contributed by atoms with Gasteiger partial charge in [-0.1, -0.05) is 48.5 Å². The molecule has 0 saturated carbocycles. The maximum absolute atomic E-state index is 12.4. The summed E-state index contributed by atoms with van der Waals surface area (Å²) in [6, 6.07) is 18.0. The largest absolute Gasteiger partial charge is 0.361 e. The maximum atomic E-state index is 12.4. The van der Waals surface area contributed by atoms with E-state index in [1.807, 2.05) is 55.6 Å². The quantitative estimate of drug-likeness (QED) is 0.447. The summed E-state index contributed by atoms with van der Waals surface area (Å²) in [6.45, 7) is 2.66. The highest BCUT2D eigenvalue weighted by atomic mass is 16.1. The Labute approximate surface area is 169 Å². The third-order valence-electron chi connectivity index (χ3n) is 4.91. The second kappa shape index (κ2) is 8.56. The van der Waals surface area contributed by atoms with Crippen LogP contribution in [-0.2, 0) is 6.42 Å². The fourth-order valence-corrected chi connectivity index (χ4v) is 3.29. The van der Waals surface area contributed by atoms with Crippen molar-refractivity contribution in [3.05, 3.63) is 89.9 Å². The van der Waals surface area contributed by atoms with Crippen LogP contribution in [0.1, 0.15) is 34.5 Å². The zero-order valence-electron chi connectivity index (χ0n) is 16.2. The van der Waals surface area contributed by atoms with Gasteiger partial charge >= 0.3 is 0 Å². The molecule has 0 aliphatic rings. The molecule has 146 valence electrons. The number of aromatic nitrogens is 3. The SMILES string of the molecule is CC(NC(=O)c1cnc(NCCc2c[nH]c3ccccc23)nc1)c1ccccc1. The Morgan fingerprint density at radius 1 is 1.03 bits per heavy atom. The van der Waals surface area contributed by atoms with Gasteiger partial charge in [-0.15, -0.1) is 0 Å². The Morgan fingerprint density at radius 3 is 2.55 bits per heavy atom. The van der Waals surface area contributed by atoms with Crippen molar-refractivity contribution in [2.45, 2.75) is 19.4 Å². The molecule has 0 radical (unpaired) electrons. The standard InChI is InChI=1S/C23H23N5O/c1-16(17-7-3-2-4-8-17)28-22(29)19-14-26-23(27-15-19)24-12-11-18-13-25-21-10-6-5-9-20(18)21/h2-10,13-16,25H,11-12H2,1H3,(H,28,29)(H,24,26,27). The number of hydrogen-bond donors (Lipinski definition) is 3. The van der Waals surface area contributed by atoms with Crippen LogP contribution in [0.4, 0.5) is 5.95 Å². The first-order chi connectivity index (χ1) is 14.2. The lowest BCUT2D eigenvalue weighted by Gasteiger charge is -2.14. The molecule has 6 nitrogen and oxygen atoms in total. The van der Waals surface area contributed by atoms with E-state index in [-0.39, 0.29) is 11.9 Å². The van der Waals surface area contributed by atoms with Crippen LogP contribution in [0.3, 0.4) is 0 Å². The molecule has 0 spiro atoms. The summed E-state index contributed by atoms with van der Waals surface area (Å²) in [7, 11) is 0. The van der Waals surface area contributed by atoms with E-state index >= 15 is 0 Å². The third-order valence-corrected chi connectivity index (χ3v) is 4.91. The predicted octanol–water partition coefficient (Wildman–Crippen LogP) is 4.10. The van der Waals surface area contributed by atoms with Gasteiger partial charge in [-0.05, 0) is 30.5 Å². The predicted molar refractivity (Wildman–Crippen MR) is 115 cm³/mol. The van der Waals surface area contributed by atoms with Crippen LogP contribution in [0, 0.1) is 0 Å². The molecule has 0 bridgehead atoms. The van der Waals surface area contributed by atoms with Gasteiger partial charge in [0, 0.05) is 36.0 Å². The first-order valence-corrected chi connectivity index (χ1v) is 9.67. The van der Waals surface area contributed by atoms with Gasteiger partial charge in [0.2, 0.25) is 5.95 Å². The second-order valence-corrected chi connectivity index (χ2v) is 6.94. The van der Waals surface area contributed by atoms with Crippen molar-refractivity contribution in [1.82, 2.24) is 20.3 Å². The van der Waals surface area contributed by atoms with Crippen molar-refractivity contribution in [1.29, 1.82) is 0 Å². The summed E-state index contributed by atoms with van der Waals surface area (Å²) in [4.78, 5) is 24.2. The van der Waals surface area contributed by atoms with Crippen LogP contribution in [0.25, 0.3) is 10.9 Å². The Kier molecular flexibility index (Phi) is 5.52. The average Bonchev–Trinajstić information content (AvgIpc) is 3.18. The summed E-state index contributed by atoms with van der Waals surface area (Å²) in [5.74, 6) is 0.323. The van der Waals surface area contributed by atoms with Crippen LogP contribution in [0.5, 0.6) is 0 Å². The zero-order chi connectivity index (χ0) is 20.1. The molecule has 3 N–H and O–H groups in total. The van der Waals surface area contributed by atoms with Crippen molar-refractivity contribution in [2.24, 2.45) is 0 Å². The van der Waals surface area contributed by atoms with Crippen molar-refractivity contribution < 1.29 is 4.79 Å². The number of fused-ring (bicyclic) bond motifs is 1. The maximum Gasteiger partial charge on any atom is 0.254 e. The van der Waals surface area contributed by atoms with Crippen LogP contribution in [0.2, 0.25) is 0 Å². The van der Waals surface area contributed by atoms with Gasteiger partial charge in [0.25, 0.3) is 5.91 Å². The summed E-state index contributed by atoms with van der Waals surface area (Å²) in [5, 5.41) is 7.41. The fraction of sp³-hybridized carbons (Fsp3) is 0.174. The van der Waals surface area contributed by atoms with Crippen molar-refractivity contribution in [2.75, 3.05) is 11.9 Å². The molecular weight excluding hydrogens is 362 g/mol. The first-order valence-electron chi connectivity index (χ1n) is 9.67. The van der Waals surface area contributed by atoms with E-state index in [4.69, 9.17) is 0 Å². The van der Waals surface area contributed by atoms with E-state index in [0.29, 0.717) is 18.1 Å². The van der Waals surface area contributed by atoms with E-state index in [9.17, 15) is 4.79 Å². The fourth-order valence-electron chi connectivity index (χ4n) is 3.29. The molecule has 2 aromatic carbocycles. The third kappa shape index (κ3) is 4.43. The van der Waals surface area contributed by atoms with E-state index in [1.54, 1.807) is 12.4 Å². The zero-order valence-corrected chi connectivity index (χ0v) is 16.2. The number of hydrogen-bond acceptors (Lipinski definition) is 4. The lowest BCUT2D eigenvalue weighted by Crippen LogP contribution is -2.27. The van der Waals surface area contributed by atoms with Crippen LogP contribution in [-0.4, -0.2) is 27.4 Å². The number of H-pyrrole nitrogens is 1. The van der Waals surface area contributed by atoms with E-state index in [2.05, 4.69) is 37.7 Å². The van der Waals surface area contributed by atoms with Gasteiger partial charge in [-0.3, -0.25) is 4.79 Å². The van der Waals surface area contributed by atoms with Gasteiger partial charge in [0.05, 0.1) is 11.6 Å². The molecule has 0 aliphatic heterocycles. The molecule has 1 atom stereocenters. The number of amides is 1. The highest BCUT2D eigenvalue weighted by molar-refractivity contribution is 5.93. The summed E-state index contributed by atoms with van der Waals surface area (Å²) >= 11 is 0. The molecule has 6 heteroatoms. The van der Waals surface area contributed by atoms with Gasteiger partial charge in [0.15, 0.2) is 0 Å². The molecule has 1 unspecified atom stereocenters. The van der Waals surface area contributed by atoms with Crippen LogP contribution >= 0.6 is 0 Å². The number of aromatic amines is 1. The monoisotopic (exact) mass is 385 g/mol. The van der Waals surface area contributed by atoms with Crippen molar-refractivity contribution in [3.63, 3.8) is 0 Å². The Hall–Kier alpha value is -3.67. The van der Waals surface area contributed by atoms with Gasteiger partial charge < -0.3 is 15.6 Å². The number of benzene rings is 2. The molecule has 4 aromatic rings. The normalized spacial score (nSPS) is 11.9. The molecular formula is C23H23N5O. The number of nitrogens with zero attached hydrogens (tertiary/aromatic N) is 2. The van der Waals surface area contributed by atoms with E-state index < -0.39 is 0 Å². The van der Waals surface area contributed by atoms with Crippen molar-refractivity contribution in [3.8, 4) is 0 Å². The molecule has 2 heterocycles. The topological polar surface area (TPSA) is 82.7 Å². The van der Waals surface area contributed by atoms with Crippen LogP contribution < -0.4 is 10.6 Å². The molecule has 1 amide bonds. The molecule has 0 aliphatic carbocycles. The Bertz CT molecular complexity index is 1090. The van der Waals surface area contributed by atoms with Gasteiger partial charge in [-0.2, -0.15) is 0 Å². The number of nitrogens with one attached hydrogen (secondary N) is 3. The van der Waals surface area contributed by atoms with Gasteiger partial charge in [0.1, 0.15) is 0 Å². The number of carbonyl (C=O) groups excluding carboxylic acids is 1. The average molecular weight is 385 g/mol. The van der Waals surface area contributed by atoms with E-state index in [0.717, 1.165) is 17.5 Å². The van der Waals surface area contributed by atoms with Crippen molar-refractivity contribution >= 4 is 22.8 Å². The summed E-state index contributed by atoms with van der Waals surface area (Å²) in [5.41, 5.74) is 3.88. The summed E-state index contributed by atoms with van der Waals surface area (Å²) < 4.78 is 0. The lowest BCUT2D eigenvalue weighted by atomic mass is 10.1. The second-order valence-electron chi connectivity index (χ2n) is 6.94.